The first-order chi connectivity index (χ1) is 13.6. The number of carboxylic acids is 3. The minimum Gasteiger partial charge on any atom is -0.475 e. The van der Waals surface area contributed by atoms with Crippen LogP contribution in [0.2, 0.25) is 0 Å². The van der Waals surface area contributed by atoms with Gasteiger partial charge in [0, 0.05) is 0 Å². The first-order valence-electron chi connectivity index (χ1n) is 7.53. The predicted molar refractivity (Wildman–Crippen MR) is 80.6 cm³/mol. The number of rotatable bonds is 2. The molecule has 1 heterocycles. The van der Waals surface area contributed by atoms with Crippen LogP contribution < -0.4 is 5.73 Å². The molecule has 0 aromatic heterocycles. The van der Waals surface area contributed by atoms with Gasteiger partial charge in [0.1, 0.15) is 0 Å². The summed E-state index contributed by atoms with van der Waals surface area (Å²) in [6, 6.07) is 0. The predicted octanol–water partition coefficient (Wildman–Crippen LogP) is 1.86. The SMILES string of the molecule is NC(=O)CN1CCCCC1.O=C(O)C(F)(F)F.O=C(O)C(F)(F)F.O=C(O)C(F)(F)F. The van der Waals surface area contributed by atoms with Gasteiger partial charge in [-0.2, -0.15) is 39.5 Å². The highest BCUT2D eigenvalue weighted by Gasteiger charge is 2.39. The number of primary amides is 1. The fourth-order valence-electron chi connectivity index (χ4n) is 1.34. The third-order valence-electron chi connectivity index (χ3n) is 2.56. The molecule has 184 valence electrons. The summed E-state index contributed by atoms with van der Waals surface area (Å²) in [5.41, 5.74) is 5.04. The molecule has 1 amide bonds. The molecule has 0 bridgehead atoms. The van der Waals surface area contributed by atoms with Crippen LogP contribution in [0.1, 0.15) is 19.3 Å². The zero-order chi connectivity index (χ0) is 25.6. The van der Waals surface area contributed by atoms with Crippen LogP contribution in [0.15, 0.2) is 0 Å². The lowest BCUT2D eigenvalue weighted by Gasteiger charge is -2.24. The lowest BCUT2D eigenvalue weighted by atomic mass is 10.1. The van der Waals surface area contributed by atoms with Crippen molar-refractivity contribution < 1.29 is 74.0 Å². The molecule has 18 heteroatoms. The topological polar surface area (TPSA) is 158 Å². The van der Waals surface area contributed by atoms with Crippen molar-refractivity contribution in [2.45, 2.75) is 37.8 Å². The normalized spacial score (nSPS) is 14.4. The summed E-state index contributed by atoms with van der Waals surface area (Å²) in [4.78, 5) is 39.3. The van der Waals surface area contributed by atoms with Crippen LogP contribution in [0.25, 0.3) is 0 Å². The minimum atomic E-state index is -5.08. The highest BCUT2D eigenvalue weighted by molar-refractivity contribution is 5.76. The molecular weight excluding hydrogens is 467 g/mol. The van der Waals surface area contributed by atoms with Gasteiger partial charge in [0.2, 0.25) is 5.91 Å². The van der Waals surface area contributed by atoms with Crippen molar-refractivity contribution in [3.05, 3.63) is 0 Å². The molecule has 0 aromatic carbocycles. The van der Waals surface area contributed by atoms with E-state index in [9.17, 15) is 44.3 Å². The maximum Gasteiger partial charge on any atom is 0.490 e. The Balaban J connectivity index is -0.000000343. The van der Waals surface area contributed by atoms with E-state index in [1.54, 1.807) is 0 Å². The summed E-state index contributed by atoms with van der Waals surface area (Å²) in [6.07, 6.45) is -11.5. The number of likely N-dealkylation sites (tertiary alicyclic amines) is 1. The fourth-order valence-corrected chi connectivity index (χ4v) is 1.34. The van der Waals surface area contributed by atoms with Gasteiger partial charge in [0.15, 0.2) is 0 Å². The molecule has 31 heavy (non-hydrogen) atoms. The van der Waals surface area contributed by atoms with Gasteiger partial charge in [-0.3, -0.25) is 9.69 Å². The Morgan fingerprint density at radius 2 is 0.871 bits per heavy atom. The number of hydrogen-bond donors (Lipinski definition) is 4. The maximum absolute atomic E-state index is 10.6. The van der Waals surface area contributed by atoms with E-state index in [-0.39, 0.29) is 5.91 Å². The van der Waals surface area contributed by atoms with Crippen molar-refractivity contribution in [1.82, 2.24) is 4.90 Å². The van der Waals surface area contributed by atoms with E-state index in [1.165, 1.54) is 19.3 Å². The zero-order valence-electron chi connectivity index (χ0n) is 15.1. The average Bonchev–Trinajstić information content (AvgIpc) is 2.54. The Hall–Kier alpha value is -2.79. The molecule has 0 aromatic rings. The third kappa shape index (κ3) is 23.4. The number of nitrogens with two attached hydrogens (primary N) is 1. The van der Waals surface area contributed by atoms with Crippen LogP contribution in [0.4, 0.5) is 39.5 Å². The summed E-state index contributed by atoms with van der Waals surface area (Å²) in [7, 11) is 0. The van der Waals surface area contributed by atoms with Crippen LogP contribution in [0, 0.1) is 0 Å². The second kappa shape index (κ2) is 14.3. The largest absolute Gasteiger partial charge is 0.490 e. The molecular formula is C13H17F9N2O7. The molecule has 0 aliphatic carbocycles. The lowest BCUT2D eigenvalue weighted by Crippen LogP contribution is -2.37. The Bertz CT molecular complexity index is 526. The number of alkyl halides is 9. The smallest absolute Gasteiger partial charge is 0.475 e. The van der Waals surface area contributed by atoms with Crippen LogP contribution in [-0.4, -0.2) is 82.2 Å². The van der Waals surface area contributed by atoms with E-state index in [0.29, 0.717) is 6.54 Å². The quantitative estimate of drug-likeness (QED) is 0.433. The second-order valence-corrected chi connectivity index (χ2v) is 5.21. The van der Waals surface area contributed by atoms with Gasteiger partial charge in [-0.1, -0.05) is 6.42 Å². The minimum absolute atomic E-state index is 0.207. The highest BCUT2D eigenvalue weighted by Crippen LogP contribution is 2.14. The number of nitrogens with zero attached hydrogens (tertiary/aromatic N) is 1. The number of carbonyl (C=O) groups excluding carboxylic acids is 1. The molecule has 0 atom stereocenters. The number of carboxylic acid groups (broad SMARTS) is 3. The standard InChI is InChI=1S/C7H14N2O.3C2HF3O2/c8-7(10)6-9-4-2-1-3-5-9;3*3-2(4,5)1(6)7/h1-6H2,(H2,8,10);3*(H,6,7). The van der Waals surface area contributed by atoms with E-state index < -0.39 is 36.4 Å². The van der Waals surface area contributed by atoms with Crippen molar-refractivity contribution in [3.63, 3.8) is 0 Å². The van der Waals surface area contributed by atoms with E-state index >= 15 is 0 Å². The Morgan fingerprint density at radius 3 is 1.03 bits per heavy atom. The molecule has 1 saturated heterocycles. The molecule has 9 nitrogen and oxygen atoms in total. The van der Waals surface area contributed by atoms with Crippen LogP contribution in [0.5, 0.6) is 0 Å². The number of amides is 1. The first-order valence-corrected chi connectivity index (χ1v) is 7.53. The van der Waals surface area contributed by atoms with E-state index in [1.807, 2.05) is 0 Å². The van der Waals surface area contributed by atoms with Gasteiger partial charge in [0.25, 0.3) is 0 Å². The van der Waals surface area contributed by atoms with Gasteiger partial charge >= 0.3 is 36.4 Å². The summed E-state index contributed by atoms with van der Waals surface area (Å²) in [6.45, 7) is 2.53. The van der Waals surface area contributed by atoms with E-state index in [0.717, 1.165) is 13.1 Å². The fraction of sp³-hybridized carbons (Fsp3) is 0.692. The third-order valence-corrected chi connectivity index (χ3v) is 2.56. The average molecular weight is 484 g/mol. The Kier molecular flexibility index (Phi) is 15.1. The second-order valence-electron chi connectivity index (χ2n) is 5.21. The summed E-state index contributed by atoms with van der Waals surface area (Å²) in [5, 5.41) is 21.4. The van der Waals surface area contributed by atoms with Crippen molar-refractivity contribution >= 4 is 23.8 Å². The molecule has 1 fully saturated rings. The van der Waals surface area contributed by atoms with Gasteiger partial charge in [-0.05, 0) is 25.9 Å². The van der Waals surface area contributed by atoms with Crippen LogP contribution in [0.3, 0.4) is 0 Å². The molecule has 0 saturated carbocycles. The molecule has 1 aliphatic heterocycles. The number of carbonyl (C=O) groups is 4. The first kappa shape index (κ1) is 32.9. The maximum atomic E-state index is 10.6. The summed E-state index contributed by atoms with van der Waals surface area (Å²) >= 11 is 0. The Morgan fingerprint density at radius 1 is 0.645 bits per heavy atom. The van der Waals surface area contributed by atoms with Crippen molar-refractivity contribution in [2.75, 3.05) is 19.6 Å². The molecule has 0 radical (unpaired) electrons. The number of hydrogen-bond acceptors (Lipinski definition) is 5. The zero-order valence-corrected chi connectivity index (χ0v) is 15.1. The highest BCUT2D eigenvalue weighted by atomic mass is 19.4. The van der Waals surface area contributed by atoms with Crippen molar-refractivity contribution in [2.24, 2.45) is 5.73 Å². The molecule has 0 spiro atoms. The monoisotopic (exact) mass is 484 g/mol. The molecule has 1 rings (SSSR count). The van der Waals surface area contributed by atoms with Crippen molar-refractivity contribution in [3.8, 4) is 0 Å². The lowest BCUT2D eigenvalue weighted by molar-refractivity contribution is -0.193. The van der Waals surface area contributed by atoms with Crippen molar-refractivity contribution in [1.29, 1.82) is 0 Å². The molecule has 1 aliphatic rings. The van der Waals surface area contributed by atoms with Gasteiger partial charge < -0.3 is 21.1 Å². The van der Waals surface area contributed by atoms with Gasteiger partial charge in [0.05, 0.1) is 6.54 Å². The van der Waals surface area contributed by atoms with E-state index in [2.05, 4.69) is 4.90 Å². The van der Waals surface area contributed by atoms with Crippen LogP contribution >= 0.6 is 0 Å². The Labute approximate surface area is 167 Å². The number of halogens is 9. The van der Waals surface area contributed by atoms with Gasteiger partial charge in [-0.15, -0.1) is 0 Å². The summed E-state index contributed by atoms with van der Waals surface area (Å²) in [5.74, 6) is -8.48. The molecule has 5 N–H and O–H groups in total. The molecule has 0 unspecified atom stereocenters. The summed E-state index contributed by atoms with van der Waals surface area (Å²) < 4.78 is 95.2. The van der Waals surface area contributed by atoms with E-state index in [4.69, 9.17) is 35.4 Å². The number of piperidine rings is 1. The van der Waals surface area contributed by atoms with Gasteiger partial charge in [-0.25, -0.2) is 14.4 Å². The van der Waals surface area contributed by atoms with Crippen LogP contribution in [-0.2, 0) is 19.2 Å². The number of aliphatic carboxylic acids is 3.